The van der Waals surface area contributed by atoms with Gasteiger partial charge in [-0.3, -0.25) is 5.32 Å². The van der Waals surface area contributed by atoms with E-state index in [1.54, 1.807) is 0 Å². The lowest BCUT2D eigenvalue weighted by Crippen LogP contribution is -2.14. The lowest BCUT2D eigenvalue weighted by Gasteiger charge is -2.04. The summed E-state index contributed by atoms with van der Waals surface area (Å²) in [7, 11) is 0. The number of halogens is 2. The van der Waals surface area contributed by atoms with Crippen molar-refractivity contribution in [1.82, 2.24) is 0 Å². The third-order valence-electron chi connectivity index (χ3n) is 1.40. The van der Waals surface area contributed by atoms with Crippen molar-refractivity contribution in [3.63, 3.8) is 0 Å². The number of amides is 1. The molecule has 0 aliphatic carbocycles. The summed E-state index contributed by atoms with van der Waals surface area (Å²) in [6, 6.07) is 5.45. The summed E-state index contributed by atoms with van der Waals surface area (Å²) in [5.74, 6) is -0.343. The second kappa shape index (κ2) is 5.59. The van der Waals surface area contributed by atoms with Gasteiger partial charge >= 0.3 is 6.09 Å². The predicted molar refractivity (Wildman–Crippen MR) is 55.2 cm³/mol. The molecule has 14 heavy (non-hydrogen) atoms. The molecule has 0 radical (unpaired) electrons. The van der Waals surface area contributed by atoms with Gasteiger partial charge in [-0.25, -0.2) is 9.18 Å². The fourth-order valence-electron chi connectivity index (χ4n) is 0.818. The normalized spacial score (nSPS) is 9.57. The van der Waals surface area contributed by atoms with Gasteiger partial charge in [0.2, 0.25) is 0 Å². The second-order valence-electron chi connectivity index (χ2n) is 2.46. The maximum absolute atomic E-state index is 12.5. The Balaban J connectivity index is 2.44. The van der Waals surface area contributed by atoms with Crippen molar-refractivity contribution in [3.05, 3.63) is 30.1 Å². The summed E-state index contributed by atoms with van der Waals surface area (Å²) in [6.45, 7) is 0.299. The van der Waals surface area contributed by atoms with Crippen LogP contribution in [0.1, 0.15) is 0 Å². The van der Waals surface area contributed by atoms with Crippen LogP contribution in [0.2, 0.25) is 0 Å². The molecule has 0 saturated heterocycles. The number of hydrogen-bond donors (Lipinski definition) is 1. The van der Waals surface area contributed by atoms with Crippen molar-refractivity contribution >= 4 is 27.7 Å². The number of carbonyl (C=O) groups is 1. The van der Waals surface area contributed by atoms with Gasteiger partial charge < -0.3 is 4.74 Å². The Morgan fingerprint density at radius 2 is 2.07 bits per heavy atom. The Morgan fingerprint density at radius 1 is 1.43 bits per heavy atom. The number of anilines is 1. The zero-order chi connectivity index (χ0) is 10.4. The van der Waals surface area contributed by atoms with Crippen LogP contribution in [0, 0.1) is 5.82 Å². The second-order valence-corrected chi connectivity index (χ2v) is 3.25. The number of hydrogen-bond acceptors (Lipinski definition) is 2. The minimum absolute atomic E-state index is 0.299. The molecule has 1 N–H and O–H groups in total. The van der Waals surface area contributed by atoms with E-state index in [1.807, 2.05) is 0 Å². The molecule has 0 atom stereocenters. The first-order chi connectivity index (χ1) is 6.72. The first-order valence-corrected chi connectivity index (χ1v) is 5.10. The number of carbonyl (C=O) groups excluding carboxylic acids is 1. The Hall–Kier alpha value is -1.10. The molecule has 0 fully saturated rings. The molecule has 0 bridgehead atoms. The van der Waals surface area contributed by atoms with Crippen LogP contribution in [-0.4, -0.2) is 18.0 Å². The van der Waals surface area contributed by atoms with Gasteiger partial charge in [-0.2, -0.15) is 0 Å². The van der Waals surface area contributed by atoms with E-state index in [0.717, 1.165) is 0 Å². The van der Waals surface area contributed by atoms with Crippen molar-refractivity contribution < 1.29 is 13.9 Å². The first-order valence-electron chi connectivity index (χ1n) is 3.97. The Labute approximate surface area is 89.4 Å². The van der Waals surface area contributed by atoms with E-state index in [1.165, 1.54) is 24.3 Å². The molecule has 0 aromatic heterocycles. The fourth-order valence-corrected chi connectivity index (χ4v) is 0.980. The molecular weight excluding hydrogens is 253 g/mol. The highest BCUT2D eigenvalue weighted by Gasteiger charge is 2.01. The van der Waals surface area contributed by atoms with Gasteiger partial charge in [0, 0.05) is 11.0 Å². The number of benzene rings is 1. The van der Waals surface area contributed by atoms with Crippen molar-refractivity contribution in [2.24, 2.45) is 0 Å². The molecule has 1 rings (SSSR count). The van der Waals surface area contributed by atoms with Crippen LogP contribution in [0.4, 0.5) is 14.9 Å². The van der Waals surface area contributed by atoms with E-state index in [2.05, 4.69) is 21.2 Å². The summed E-state index contributed by atoms with van der Waals surface area (Å²) in [6.07, 6.45) is -0.545. The Bertz CT molecular complexity index is 302. The van der Waals surface area contributed by atoms with E-state index in [-0.39, 0.29) is 5.82 Å². The number of nitrogens with one attached hydrogen (secondary N) is 1. The molecule has 0 unspecified atom stereocenters. The number of rotatable bonds is 3. The lowest BCUT2D eigenvalue weighted by molar-refractivity contribution is 0.169. The smallest absolute Gasteiger partial charge is 0.411 e. The third kappa shape index (κ3) is 3.74. The highest BCUT2D eigenvalue weighted by molar-refractivity contribution is 9.09. The van der Waals surface area contributed by atoms with Gasteiger partial charge in [-0.15, -0.1) is 0 Å². The highest BCUT2D eigenvalue weighted by atomic mass is 79.9. The molecule has 3 nitrogen and oxygen atoms in total. The molecule has 1 aromatic carbocycles. The average Bonchev–Trinajstić information content (AvgIpc) is 2.18. The summed E-state index contributed by atoms with van der Waals surface area (Å²) >= 11 is 3.12. The summed E-state index contributed by atoms with van der Waals surface area (Å²) in [5, 5.41) is 3.04. The van der Waals surface area contributed by atoms with Crippen molar-refractivity contribution in [3.8, 4) is 0 Å². The Morgan fingerprint density at radius 3 is 2.64 bits per heavy atom. The van der Waals surface area contributed by atoms with E-state index in [0.29, 0.717) is 17.6 Å². The average molecular weight is 262 g/mol. The van der Waals surface area contributed by atoms with Crippen LogP contribution in [0.25, 0.3) is 0 Å². The van der Waals surface area contributed by atoms with E-state index < -0.39 is 6.09 Å². The molecule has 76 valence electrons. The van der Waals surface area contributed by atoms with E-state index >= 15 is 0 Å². The highest BCUT2D eigenvalue weighted by Crippen LogP contribution is 2.08. The number of alkyl halides is 1. The lowest BCUT2D eigenvalue weighted by atomic mass is 10.3. The standard InChI is InChI=1S/C9H9BrFNO2/c10-5-6-14-9(13)12-8-3-1-7(11)2-4-8/h1-4H,5-6H2,(H,12,13). The van der Waals surface area contributed by atoms with Gasteiger partial charge in [0.15, 0.2) is 0 Å². The van der Waals surface area contributed by atoms with Crippen LogP contribution >= 0.6 is 15.9 Å². The molecular formula is C9H9BrFNO2. The van der Waals surface area contributed by atoms with Gasteiger partial charge in [0.25, 0.3) is 0 Å². The zero-order valence-electron chi connectivity index (χ0n) is 7.30. The molecule has 5 heteroatoms. The minimum atomic E-state index is -0.545. The molecule has 0 heterocycles. The quantitative estimate of drug-likeness (QED) is 0.850. The van der Waals surface area contributed by atoms with Gasteiger partial charge in [0.1, 0.15) is 12.4 Å². The Kier molecular flexibility index (Phi) is 4.39. The monoisotopic (exact) mass is 261 g/mol. The largest absolute Gasteiger partial charge is 0.448 e. The first kappa shape index (κ1) is 11.0. The predicted octanol–water partition coefficient (Wildman–Crippen LogP) is 2.77. The van der Waals surface area contributed by atoms with Gasteiger partial charge in [0.05, 0.1) is 0 Å². The van der Waals surface area contributed by atoms with Crippen LogP contribution in [0.5, 0.6) is 0 Å². The molecule has 1 amide bonds. The number of ether oxygens (including phenoxy) is 1. The van der Waals surface area contributed by atoms with Gasteiger partial charge in [-0.1, -0.05) is 15.9 Å². The summed E-state index contributed by atoms with van der Waals surface area (Å²) in [4.78, 5) is 11.0. The topological polar surface area (TPSA) is 38.3 Å². The van der Waals surface area contributed by atoms with Crippen LogP contribution in [0.15, 0.2) is 24.3 Å². The fraction of sp³-hybridized carbons (Fsp3) is 0.222. The summed E-state index contributed by atoms with van der Waals surface area (Å²) in [5.41, 5.74) is 0.506. The molecule has 0 saturated carbocycles. The molecule has 0 aliphatic heterocycles. The van der Waals surface area contributed by atoms with Crippen LogP contribution < -0.4 is 5.32 Å². The van der Waals surface area contributed by atoms with Crippen molar-refractivity contribution in [2.45, 2.75) is 0 Å². The van der Waals surface area contributed by atoms with E-state index in [4.69, 9.17) is 4.74 Å². The van der Waals surface area contributed by atoms with Crippen molar-refractivity contribution in [2.75, 3.05) is 17.3 Å². The van der Waals surface area contributed by atoms with Crippen LogP contribution in [0.3, 0.4) is 0 Å². The maximum Gasteiger partial charge on any atom is 0.411 e. The van der Waals surface area contributed by atoms with Crippen LogP contribution in [-0.2, 0) is 4.74 Å². The van der Waals surface area contributed by atoms with Gasteiger partial charge in [-0.05, 0) is 24.3 Å². The third-order valence-corrected chi connectivity index (χ3v) is 1.72. The van der Waals surface area contributed by atoms with Crippen molar-refractivity contribution in [1.29, 1.82) is 0 Å². The molecule has 0 spiro atoms. The summed E-state index contributed by atoms with van der Waals surface area (Å²) < 4.78 is 17.2. The molecule has 1 aromatic rings. The zero-order valence-corrected chi connectivity index (χ0v) is 8.88. The maximum atomic E-state index is 12.5. The minimum Gasteiger partial charge on any atom is -0.448 e. The molecule has 0 aliphatic rings. The SMILES string of the molecule is O=C(Nc1ccc(F)cc1)OCCBr. The van der Waals surface area contributed by atoms with E-state index in [9.17, 15) is 9.18 Å².